The molecule has 5 heteroatoms. The van der Waals surface area contributed by atoms with Crippen LogP contribution in [-0.4, -0.2) is 41.5 Å². The first-order chi connectivity index (χ1) is 12.2. The highest BCUT2D eigenvalue weighted by atomic mass is 16.5. The van der Waals surface area contributed by atoms with Gasteiger partial charge in [0.15, 0.2) is 0 Å². The molecule has 0 N–H and O–H groups in total. The Hall–Kier alpha value is -2.56. The average Bonchev–Trinajstić information content (AvgIpc) is 3.14. The van der Waals surface area contributed by atoms with E-state index in [-0.39, 0.29) is 17.8 Å². The highest BCUT2D eigenvalue weighted by molar-refractivity contribution is 5.93. The van der Waals surface area contributed by atoms with Crippen LogP contribution in [0.1, 0.15) is 28.9 Å². The molecule has 0 unspecified atom stereocenters. The van der Waals surface area contributed by atoms with Crippen molar-refractivity contribution in [2.75, 3.05) is 20.2 Å². The van der Waals surface area contributed by atoms with Gasteiger partial charge in [-0.25, -0.2) is 0 Å². The van der Waals surface area contributed by atoms with E-state index in [1.54, 1.807) is 0 Å². The first-order valence-electron chi connectivity index (χ1n) is 8.75. The standard InChI is InChI=1S/C20H24N2O3/c1-25-20(24)17-10-14-22(15-11-17)19(23)18-8-5-12-21(18)13-9-16-6-3-2-4-7-16/h2-8,12,17H,9-11,13-15H2,1H3. The summed E-state index contributed by atoms with van der Waals surface area (Å²) in [6, 6.07) is 14.1. The summed E-state index contributed by atoms with van der Waals surface area (Å²) >= 11 is 0. The van der Waals surface area contributed by atoms with Gasteiger partial charge in [-0.05, 0) is 37.0 Å². The molecule has 2 heterocycles. The number of aromatic nitrogens is 1. The Kier molecular flexibility index (Phi) is 5.53. The van der Waals surface area contributed by atoms with E-state index in [0.29, 0.717) is 31.6 Å². The van der Waals surface area contributed by atoms with E-state index < -0.39 is 0 Å². The normalized spacial score (nSPS) is 15.2. The number of carbonyl (C=O) groups excluding carboxylic acids is 2. The van der Waals surface area contributed by atoms with Gasteiger partial charge in [0.05, 0.1) is 13.0 Å². The summed E-state index contributed by atoms with van der Waals surface area (Å²) in [5.41, 5.74) is 1.97. The third kappa shape index (κ3) is 4.10. The van der Waals surface area contributed by atoms with Gasteiger partial charge < -0.3 is 14.2 Å². The van der Waals surface area contributed by atoms with Crippen LogP contribution in [0, 0.1) is 5.92 Å². The van der Waals surface area contributed by atoms with Gasteiger partial charge in [-0.15, -0.1) is 0 Å². The minimum absolute atomic E-state index is 0.0429. The number of esters is 1. The van der Waals surface area contributed by atoms with Crippen molar-refractivity contribution in [1.82, 2.24) is 9.47 Å². The molecule has 1 aromatic carbocycles. The molecule has 1 aliphatic rings. The van der Waals surface area contributed by atoms with Gasteiger partial charge in [-0.3, -0.25) is 9.59 Å². The molecule has 3 rings (SSSR count). The van der Waals surface area contributed by atoms with Crippen LogP contribution in [0.5, 0.6) is 0 Å². The first kappa shape index (κ1) is 17.3. The van der Waals surface area contributed by atoms with Crippen LogP contribution < -0.4 is 0 Å². The molecular formula is C20H24N2O3. The summed E-state index contributed by atoms with van der Waals surface area (Å²) in [4.78, 5) is 26.3. The summed E-state index contributed by atoms with van der Waals surface area (Å²) in [5, 5.41) is 0. The van der Waals surface area contributed by atoms with E-state index in [2.05, 4.69) is 12.1 Å². The molecule has 0 aliphatic carbocycles. The van der Waals surface area contributed by atoms with Crippen LogP contribution in [0.2, 0.25) is 0 Å². The number of likely N-dealkylation sites (tertiary alicyclic amines) is 1. The van der Waals surface area contributed by atoms with E-state index in [1.807, 2.05) is 46.0 Å². The number of hydrogen-bond acceptors (Lipinski definition) is 3. The topological polar surface area (TPSA) is 51.5 Å². The summed E-state index contributed by atoms with van der Waals surface area (Å²) in [6.45, 7) is 1.97. The molecule has 132 valence electrons. The average molecular weight is 340 g/mol. The Bertz CT molecular complexity index is 716. The Morgan fingerprint density at radius 1 is 1.08 bits per heavy atom. The fourth-order valence-electron chi connectivity index (χ4n) is 3.34. The number of hydrogen-bond donors (Lipinski definition) is 0. The zero-order chi connectivity index (χ0) is 17.6. The molecule has 1 fully saturated rings. The number of rotatable bonds is 5. The molecule has 0 atom stereocenters. The van der Waals surface area contributed by atoms with Crippen molar-refractivity contribution in [3.05, 3.63) is 59.9 Å². The maximum absolute atomic E-state index is 12.8. The number of aryl methyl sites for hydroxylation is 2. The van der Waals surface area contributed by atoms with Gasteiger partial charge in [-0.2, -0.15) is 0 Å². The maximum Gasteiger partial charge on any atom is 0.308 e. The van der Waals surface area contributed by atoms with Crippen LogP contribution in [0.4, 0.5) is 0 Å². The third-order valence-corrected chi connectivity index (χ3v) is 4.85. The quantitative estimate of drug-likeness (QED) is 0.787. The second-order valence-corrected chi connectivity index (χ2v) is 6.41. The van der Waals surface area contributed by atoms with Crippen LogP contribution in [-0.2, 0) is 22.5 Å². The Morgan fingerprint density at radius 2 is 1.80 bits per heavy atom. The van der Waals surface area contributed by atoms with Crippen molar-refractivity contribution in [3.63, 3.8) is 0 Å². The van der Waals surface area contributed by atoms with E-state index in [9.17, 15) is 9.59 Å². The largest absolute Gasteiger partial charge is 0.469 e. The maximum atomic E-state index is 12.8. The van der Waals surface area contributed by atoms with Crippen LogP contribution in [0.3, 0.4) is 0 Å². The minimum Gasteiger partial charge on any atom is -0.469 e. The Balaban J connectivity index is 1.60. The van der Waals surface area contributed by atoms with Gasteiger partial charge in [0.2, 0.25) is 0 Å². The molecule has 5 nitrogen and oxygen atoms in total. The fourth-order valence-corrected chi connectivity index (χ4v) is 3.34. The highest BCUT2D eigenvalue weighted by Crippen LogP contribution is 2.20. The lowest BCUT2D eigenvalue weighted by Crippen LogP contribution is -2.41. The van der Waals surface area contributed by atoms with Crippen molar-refractivity contribution in [3.8, 4) is 0 Å². The molecule has 0 saturated carbocycles. The Labute approximate surface area is 148 Å². The van der Waals surface area contributed by atoms with E-state index >= 15 is 0 Å². The van der Waals surface area contributed by atoms with Gasteiger partial charge >= 0.3 is 5.97 Å². The van der Waals surface area contributed by atoms with Gasteiger partial charge in [-0.1, -0.05) is 30.3 Å². The monoisotopic (exact) mass is 340 g/mol. The first-order valence-corrected chi connectivity index (χ1v) is 8.75. The lowest BCUT2D eigenvalue weighted by atomic mass is 9.97. The van der Waals surface area contributed by atoms with Crippen molar-refractivity contribution in [2.45, 2.75) is 25.8 Å². The molecule has 0 bridgehead atoms. The second kappa shape index (κ2) is 8.01. The summed E-state index contributed by atoms with van der Waals surface area (Å²) in [7, 11) is 1.42. The van der Waals surface area contributed by atoms with Crippen LogP contribution >= 0.6 is 0 Å². The van der Waals surface area contributed by atoms with Crippen molar-refractivity contribution in [2.24, 2.45) is 5.92 Å². The number of piperidine rings is 1. The molecule has 1 aromatic heterocycles. The molecular weight excluding hydrogens is 316 g/mol. The summed E-state index contributed by atoms with van der Waals surface area (Å²) in [6.07, 6.45) is 4.18. The SMILES string of the molecule is COC(=O)C1CCN(C(=O)c2cccn2CCc2ccccc2)CC1. The van der Waals surface area contributed by atoms with Gasteiger partial charge in [0.25, 0.3) is 5.91 Å². The molecule has 0 spiro atoms. The number of ether oxygens (including phenoxy) is 1. The molecule has 1 saturated heterocycles. The number of nitrogens with zero attached hydrogens (tertiary/aromatic N) is 2. The molecule has 1 amide bonds. The molecule has 25 heavy (non-hydrogen) atoms. The smallest absolute Gasteiger partial charge is 0.308 e. The Morgan fingerprint density at radius 3 is 2.48 bits per heavy atom. The zero-order valence-electron chi connectivity index (χ0n) is 14.6. The molecule has 0 radical (unpaired) electrons. The predicted molar refractivity (Wildman–Crippen MR) is 95.2 cm³/mol. The number of benzene rings is 1. The fraction of sp³-hybridized carbons (Fsp3) is 0.400. The summed E-state index contributed by atoms with van der Waals surface area (Å²) in [5.74, 6) is -0.210. The van der Waals surface area contributed by atoms with Crippen LogP contribution in [0.15, 0.2) is 48.7 Å². The minimum atomic E-state index is -0.168. The third-order valence-electron chi connectivity index (χ3n) is 4.85. The van der Waals surface area contributed by atoms with Crippen molar-refractivity contribution >= 4 is 11.9 Å². The molecule has 2 aromatic rings. The molecule has 1 aliphatic heterocycles. The van der Waals surface area contributed by atoms with E-state index in [4.69, 9.17) is 4.74 Å². The zero-order valence-corrected chi connectivity index (χ0v) is 14.6. The lowest BCUT2D eigenvalue weighted by molar-refractivity contribution is -0.146. The number of methoxy groups -OCH3 is 1. The predicted octanol–water partition coefficient (Wildman–Crippen LogP) is 2.76. The van der Waals surface area contributed by atoms with Gasteiger partial charge in [0.1, 0.15) is 5.69 Å². The number of carbonyl (C=O) groups is 2. The van der Waals surface area contributed by atoms with E-state index in [0.717, 1.165) is 13.0 Å². The lowest BCUT2D eigenvalue weighted by Gasteiger charge is -2.31. The van der Waals surface area contributed by atoms with Crippen molar-refractivity contribution < 1.29 is 14.3 Å². The van der Waals surface area contributed by atoms with E-state index in [1.165, 1.54) is 12.7 Å². The highest BCUT2D eigenvalue weighted by Gasteiger charge is 2.29. The number of amides is 1. The van der Waals surface area contributed by atoms with Crippen molar-refractivity contribution in [1.29, 1.82) is 0 Å². The van der Waals surface area contributed by atoms with Crippen LogP contribution in [0.25, 0.3) is 0 Å². The second-order valence-electron chi connectivity index (χ2n) is 6.41. The summed E-state index contributed by atoms with van der Waals surface area (Å²) < 4.78 is 6.82. The van der Waals surface area contributed by atoms with Gasteiger partial charge in [0, 0.05) is 25.8 Å².